The van der Waals surface area contributed by atoms with Crippen molar-refractivity contribution < 1.29 is 14.5 Å². The fourth-order valence-corrected chi connectivity index (χ4v) is 2.54. The van der Waals surface area contributed by atoms with Crippen molar-refractivity contribution >= 4 is 17.3 Å². The highest BCUT2D eigenvalue weighted by atomic mass is 16.6. The molecule has 0 heterocycles. The van der Waals surface area contributed by atoms with E-state index in [0.717, 1.165) is 11.1 Å². The highest BCUT2D eigenvalue weighted by molar-refractivity contribution is 5.96. The molecule has 0 saturated heterocycles. The average molecular weight is 357 g/mol. The zero-order chi connectivity index (χ0) is 19.3. The highest BCUT2D eigenvalue weighted by Crippen LogP contribution is 2.29. The van der Waals surface area contributed by atoms with Gasteiger partial charge in [-0.05, 0) is 38.1 Å². The summed E-state index contributed by atoms with van der Waals surface area (Å²) in [5.74, 6) is 0.109. The van der Waals surface area contributed by atoms with Gasteiger partial charge in [0.1, 0.15) is 5.75 Å². The molecular formula is C19H23N3O4. The third kappa shape index (κ3) is 4.58. The SMILES string of the molecule is COc1ccc([N+](=O)[O-])cc1NC(=O)[C@H](C)N(C)Cc1ccccc1C. The van der Waals surface area contributed by atoms with Crippen LogP contribution in [0.2, 0.25) is 0 Å². The molecule has 1 amide bonds. The fraction of sp³-hybridized carbons (Fsp3) is 0.316. The first-order chi connectivity index (χ1) is 12.3. The Hall–Kier alpha value is -2.93. The zero-order valence-corrected chi connectivity index (χ0v) is 15.4. The molecular weight excluding hydrogens is 334 g/mol. The Morgan fingerprint density at radius 3 is 2.62 bits per heavy atom. The smallest absolute Gasteiger partial charge is 0.271 e. The van der Waals surface area contributed by atoms with E-state index in [2.05, 4.69) is 5.32 Å². The second kappa shape index (κ2) is 8.44. The van der Waals surface area contributed by atoms with Gasteiger partial charge in [-0.3, -0.25) is 19.8 Å². The van der Waals surface area contributed by atoms with E-state index in [1.165, 1.54) is 25.3 Å². The number of anilines is 1. The Bertz CT molecular complexity index is 807. The number of likely N-dealkylation sites (N-methyl/N-ethyl adjacent to an activating group) is 1. The van der Waals surface area contributed by atoms with Crippen LogP contribution in [0.15, 0.2) is 42.5 Å². The molecule has 2 rings (SSSR count). The van der Waals surface area contributed by atoms with Crippen molar-refractivity contribution in [1.82, 2.24) is 4.90 Å². The number of benzene rings is 2. The quantitative estimate of drug-likeness (QED) is 0.607. The molecule has 1 N–H and O–H groups in total. The van der Waals surface area contributed by atoms with Gasteiger partial charge in [0.2, 0.25) is 5.91 Å². The number of aryl methyl sites for hydroxylation is 1. The first-order valence-corrected chi connectivity index (χ1v) is 8.21. The van der Waals surface area contributed by atoms with Crippen molar-refractivity contribution in [2.75, 3.05) is 19.5 Å². The fourth-order valence-electron chi connectivity index (χ4n) is 2.54. The first-order valence-electron chi connectivity index (χ1n) is 8.21. The summed E-state index contributed by atoms with van der Waals surface area (Å²) >= 11 is 0. The molecule has 138 valence electrons. The molecule has 0 aliphatic carbocycles. The largest absolute Gasteiger partial charge is 0.495 e. The topological polar surface area (TPSA) is 84.7 Å². The van der Waals surface area contributed by atoms with Crippen molar-refractivity contribution in [1.29, 1.82) is 0 Å². The number of amides is 1. The molecule has 2 aromatic rings. The van der Waals surface area contributed by atoms with Crippen molar-refractivity contribution in [2.45, 2.75) is 26.4 Å². The van der Waals surface area contributed by atoms with E-state index >= 15 is 0 Å². The summed E-state index contributed by atoms with van der Waals surface area (Å²) in [6, 6.07) is 11.7. The van der Waals surface area contributed by atoms with E-state index in [9.17, 15) is 14.9 Å². The third-order valence-corrected chi connectivity index (χ3v) is 4.37. The number of ether oxygens (including phenoxy) is 1. The van der Waals surface area contributed by atoms with Gasteiger partial charge in [-0.25, -0.2) is 0 Å². The van der Waals surface area contributed by atoms with Crippen molar-refractivity contribution in [3.8, 4) is 5.75 Å². The van der Waals surface area contributed by atoms with Crippen molar-refractivity contribution in [2.24, 2.45) is 0 Å². The Kier molecular flexibility index (Phi) is 6.30. The average Bonchev–Trinajstić information content (AvgIpc) is 2.62. The minimum Gasteiger partial charge on any atom is -0.495 e. The van der Waals surface area contributed by atoms with Gasteiger partial charge in [-0.1, -0.05) is 24.3 Å². The molecule has 0 saturated carbocycles. The van der Waals surface area contributed by atoms with E-state index in [1.54, 1.807) is 6.92 Å². The van der Waals surface area contributed by atoms with Crippen LogP contribution >= 0.6 is 0 Å². The maximum atomic E-state index is 12.6. The molecule has 1 atom stereocenters. The highest BCUT2D eigenvalue weighted by Gasteiger charge is 2.21. The van der Waals surface area contributed by atoms with Crippen LogP contribution in [0.25, 0.3) is 0 Å². The lowest BCUT2D eigenvalue weighted by Gasteiger charge is -2.25. The molecule has 7 heteroatoms. The van der Waals surface area contributed by atoms with E-state index in [-0.39, 0.29) is 17.3 Å². The van der Waals surface area contributed by atoms with Crippen LogP contribution in [-0.4, -0.2) is 35.9 Å². The molecule has 0 aromatic heterocycles. The number of nitrogens with zero attached hydrogens (tertiary/aromatic N) is 2. The van der Waals surface area contributed by atoms with Crippen LogP contribution in [0, 0.1) is 17.0 Å². The number of rotatable bonds is 7. The van der Waals surface area contributed by atoms with Gasteiger partial charge in [0, 0.05) is 18.7 Å². The summed E-state index contributed by atoms with van der Waals surface area (Å²) in [7, 11) is 3.31. The van der Waals surface area contributed by atoms with Crippen LogP contribution in [0.4, 0.5) is 11.4 Å². The summed E-state index contributed by atoms with van der Waals surface area (Å²) in [5.41, 5.74) is 2.47. The predicted octanol–water partition coefficient (Wildman–Crippen LogP) is 3.37. The summed E-state index contributed by atoms with van der Waals surface area (Å²) in [6.07, 6.45) is 0. The van der Waals surface area contributed by atoms with Gasteiger partial charge in [-0.2, -0.15) is 0 Å². The number of non-ortho nitro benzene ring substituents is 1. The number of methoxy groups -OCH3 is 1. The lowest BCUT2D eigenvalue weighted by atomic mass is 10.1. The van der Waals surface area contributed by atoms with Crippen LogP contribution < -0.4 is 10.1 Å². The Morgan fingerprint density at radius 1 is 1.31 bits per heavy atom. The lowest BCUT2D eigenvalue weighted by Crippen LogP contribution is -2.39. The Morgan fingerprint density at radius 2 is 2.00 bits per heavy atom. The molecule has 0 bridgehead atoms. The number of hydrogen-bond acceptors (Lipinski definition) is 5. The third-order valence-electron chi connectivity index (χ3n) is 4.37. The van der Waals surface area contributed by atoms with Crippen molar-refractivity contribution in [3.05, 3.63) is 63.7 Å². The van der Waals surface area contributed by atoms with Gasteiger partial charge in [0.25, 0.3) is 5.69 Å². The number of hydrogen-bond donors (Lipinski definition) is 1. The first kappa shape index (κ1) is 19.4. The van der Waals surface area contributed by atoms with E-state index in [4.69, 9.17) is 4.74 Å². The number of carbonyl (C=O) groups is 1. The molecule has 0 spiro atoms. The molecule has 26 heavy (non-hydrogen) atoms. The zero-order valence-electron chi connectivity index (χ0n) is 15.4. The normalized spacial score (nSPS) is 11.9. The summed E-state index contributed by atoms with van der Waals surface area (Å²) < 4.78 is 5.18. The van der Waals surface area contributed by atoms with Gasteiger partial charge >= 0.3 is 0 Å². The summed E-state index contributed by atoms with van der Waals surface area (Å²) in [6.45, 7) is 4.44. The molecule has 0 unspecified atom stereocenters. The molecule has 0 aliphatic heterocycles. The molecule has 7 nitrogen and oxygen atoms in total. The van der Waals surface area contributed by atoms with Crippen LogP contribution in [-0.2, 0) is 11.3 Å². The summed E-state index contributed by atoms with van der Waals surface area (Å²) in [4.78, 5) is 25.0. The Labute approximate surface area is 152 Å². The van der Waals surface area contributed by atoms with E-state index < -0.39 is 11.0 Å². The maximum absolute atomic E-state index is 12.6. The second-order valence-electron chi connectivity index (χ2n) is 6.15. The standard InChI is InChI=1S/C19H23N3O4/c1-13-7-5-6-8-15(13)12-21(3)14(2)19(23)20-17-11-16(22(24)25)9-10-18(17)26-4/h5-11,14H,12H2,1-4H3,(H,20,23)/t14-/m0/s1. The minimum absolute atomic E-state index is 0.109. The van der Waals surface area contributed by atoms with E-state index in [1.807, 2.05) is 43.1 Å². The summed E-state index contributed by atoms with van der Waals surface area (Å²) in [5, 5.41) is 13.7. The Balaban J connectivity index is 2.12. The maximum Gasteiger partial charge on any atom is 0.271 e. The lowest BCUT2D eigenvalue weighted by molar-refractivity contribution is -0.384. The number of carbonyl (C=O) groups excluding carboxylic acids is 1. The van der Waals surface area contributed by atoms with E-state index in [0.29, 0.717) is 12.3 Å². The molecule has 0 aliphatic rings. The second-order valence-corrected chi connectivity index (χ2v) is 6.15. The minimum atomic E-state index is -0.511. The van der Waals surface area contributed by atoms with Crippen LogP contribution in [0.1, 0.15) is 18.1 Å². The monoisotopic (exact) mass is 357 g/mol. The van der Waals surface area contributed by atoms with Gasteiger partial charge < -0.3 is 10.1 Å². The van der Waals surface area contributed by atoms with Gasteiger partial charge in [0.15, 0.2) is 0 Å². The molecule has 2 aromatic carbocycles. The molecule has 0 radical (unpaired) electrons. The van der Waals surface area contributed by atoms with Crippen LogP contribution in [0.3, 0.4) is 0 Å². The number of nitrogens with one attached hydrogen (secondary N) is 1. The van der Waals surface area contributed by atoms with Gasteiger partial charge in [0.05, 0.1) is 23.8 Å². The van der Waals surface area contributed by atoms with Crippen molar-refractivity contribution in [3.63, 3.8) is 0 Å². The predicted molar refractivity (Wildman–Crippen MR) is 100 cm³/mol. The van der Waals surface area contributed by atoms with Gasteiger partial charge in [-0.15, -0.1) is 0 Å². The van der Waals surface area contributed by atoms with Crippen LogP contribution in [0.5, 0.6) is 5.75 Å². The molecule has 0 fully saturated rings. The number of nitro benzene ring substituents is 1. The number of nitro groups is 1.